The van der Waals surface area contributed by atoms with Gasteiger partial charge in [0.2, 0.25) is 5.91 Å². The van der Waals surface area contributed by atoms with Crippen LogP contribution < -0.4 is 10.1 Å². The molecule has 188 valence electrons. The Labute approximate surface area is 210 Å². The smallest absolute Gasteiger partial charge is 0.254 e. The number of imidazole rings is 1. The predicted octanol–water partition coefficient (Wildman–Crippen LogP) is 2.49. The molecule has 2 amide bonds. The minimum atomic E-state index is -0.243. The highest BCUT2D eigenvalue weighted by molar-refractivity contribution is 5.96. The van der Waals surface area contributed by atoms with E-state index in [1.807, 2.05) is 55.1 Å². The highest BCUT2D eigenvalue weighted by Crippen LogP contribution is 2.28. The van der Waals surface area contributed by atoms with E-state index in [1.165, 1.54) is 4.90 Å². The third-order valence-corrected chi connectivity index (χ3v) is 6.74. The van der Waals surface area contributed by atoms with Crippen molar-refractivity contribution in [2.75, 3.05) is 26.7 Å². The van der Waals surface area contributed by atoms with Crippen molar-refractivity contribution >= 4 is 11.8 Å². The molecule has 0 aliphatic carbocycles. The largest absolute Gasteiger partial charge is 0.457 e. The summed E-state index contributed by atoms with van der Waals surface area (Å²) in [5.74, 6) is 0.821. The number of rotatable bonds is 2. The number of fused-ring (bicyclic) bond motifs is 5. The van der Waals surface area contributed by atoms with E-state index in [0.717, 1.165) is 16.8 Å². The van der Waals surface area contributed by atoms with Gasteiger partial charge < -0.3 is 24.3 Å². The van der Waals surface area contributed by atoms with Gasteiger partial charge in [0.25, 0.3) is 5.91 Å². The number of benzene rings is 2. The topological polar surface area (TPSA) is 88.9 Å². The summed E-state index contributed by atoms with van der Waals surface area (Å²) in [7, 11) is 3.60. The van der Waals surface area contributed by atoms with Crippen LogP contribution in [0.3, 0.4) is 0 Å². The van der Waals surface area contributed by atoms with Crippen molar-refractivity contribution in [2.24, 2.45) is 7.05 Å². The van der Waals surface area contributed by atoms with Crippen molar-refractivity contribution in [3.8, 4) is 11.5 Å². The van der Waals surface area contributed by atoms with Crippen molar-refractivity contribution in [2.45, 2.75) is 32.2 Å². The fourth-order valence-corrected chi connectivity index (χ4v) is 4.69. The van der Waals surface area contributed by atoms with Gasteiger partial charge in [-0.1, -0.05) is 18.2 Å². The predicted molar refractivity (Wildman–Crippen MR) is 134 cm³/mol. The monoisotopic (exact) mass is 489 g/mol. The average molecular weight is 490 g/mol. The molecule has 9 heteroatoms. The molecule has 2 aliphatic rings. The number of hydrogen-bond donors (Lipinski definition) is 1. The van der Waals surface area contributed by atoms with Crippen molar-refractivity contribution in [3.05, 3.63) is 77.4 Å². The number of carbonyl (C=O) groups excluding carboxylic acids is 2. The first-order chi connectivity index (χ1) is 17.4. The molecule has 4 bridgehead atoms. The molecule has 2 aromatic carbocycles. The molecule has 2 aliphatic heterocycles. The molecule has 5 rings (SSSR count). The Morgan fingerprint density at radius 1 is 1.11 bits per heavy atom. The summed E-state index contributed by atoms with van der Waals surface area (Å²) >= 11 is 0. The van der Waals surface area contributed by atoms with Crippen LogP contribution in [0.4, 0.5) is 0 Å². The van der Waals surface area contributed by atoms with Crippen LogP contribution in [0.5, 0.6) is 11.5 Å². The van der Waals surface area contributed by atoms with Crippen LogP contribution in [0.25, 0.3) is 0 Å². The summed E-state index contributed by atoms with van der Waals surface area (Å²) in [6.07, 6.45) is 3.44. The Kier molecular flexibility index (Phi) is 6.75. The highest BCUT2D eigenvalue weighted by Gasteiger charge is 2.35. The van der Waals surface area contributed by atoms with E-state index < -0.39 is 0 Å². The maximum atomic E-state index is 13.1. The average Bonchev–Trinajstić information content (AvgIpc) is 3.43. The molecule has 2 atom stereocenters. The van der Waals surface area contributed by atoms with Gasteiger partial charge in [-0.15, -0.1) is 0 Å². The number of aromatic nitrogens is 2. The molecule has 1 aromatic heterocycles. The zero-order valence-corrected chi connectivity index (χ0v) is 20.8. The van der Waals surface area contributed by atoms with E-state index in [2.05, 4.69) is 15.2 Å². The van der Waals surface area contributed by atoms with Gasteiger partial charge in [0, 0.05) is 45.5 Å². The molecular formula is C27H31N5O4. The van der Waals surface area contributed by atoms with Crippen LogP contribution in [-0.2, 0) is 29.7 Å². The first-order valence-electron chi connectivity index (χ1n) is 12.1. The summed E-state index contributed by atoms with van der Waals surface area (Å²) in [5, 5.41) is 3.11. The van der Waals surface area contributed by atoms with E-state index in [9.17, 15) is 9.59 Å². The maximum absolute atomic E-state index is 13.1. The lowest BCUT2D eigenvalue weighted by molar-refractivity contribution is -0.123. The van der Waals surface area contributed by atoms with Gasteiger partial charge in [-0.05, 0) is 42.3 Å². The number of nitrogens with one attached hydrogen (secondary N) is 1. The van der Waals surface area contributed by atoms with E-state index in [4.69, 9.17) is 9.47 Å². The fourth-order valence-electron chi connectivity index (χ4n) is 4.69. The second-order valence-corrected chi connectivity index (χ2v) is 9.60. The SMILES string of the molecule is Cc1ccc2cc1Oc1cccc(c1)CO[C@H]1CN(Cc3cncn3C)C[C@@H]1NC(=O)CN(C)C2=O. The van der Waals surface area contributed by atoms with Gasteiger partial charge in [0.15, 0.2) is 0 Å². The summed E-state index contributed by atoms with van der Waals surface area (Å²) in [5.41, 5.74) is 3.45. The zero-order valence-electron chi connectivity index (χ0n) is 20.8. The van der Waals surface area contributed by atoms with Gasteiger partial charge >= 0.3 is 0 Å². The quantitative estimate of drug-likeness (QED) is 0.595. The lowest BCUT2D eigenvalue weighted by Crippen LogP contribution is -2.48. The highest BCUT2D eigenvalue weighted by atomic mass is 16.5. The first kappa shape index (κ1) is 24.0. The fraction of sp³-hybridized carbons (Fsp3) is 0.370. The van der Waals surface area contributed by atoms with Crippen LogP contribution in [0.2, 0.25) is 0 Å². The summed E-state index contributed by atoms with van der Waals surface area (Å²) in [6.45, 7) is 4.30. The third kappa shape index (κ3) is 5.27. The minimum absolute atomic E-state index is 0.0487. The van der Waals surface area contributed by atoms with E-state index in [0.29, 0.717) is 43.3 Å². The van der Waals surface area contributed by atoms with Crippen molar-refractivity contribution in [1.82, 2.24) is 24.7 Å². The molecule has 1 N–H and O–H groups in total. The minimum Gasteiger partial charge on any atom is -0.457 e. The molecule has 0 saturated carbocycles. The van der Waals surface area contributed by atoms with Crippen LogP contribution in [0, 0.1) is 6.92 Å². The van der Waals surface area contributed by atoms with Gasteiger partial charge in [-0.25, -0.2) is 4.98 Å². The second kappa shape index (κ2) is 10.1. The standard InChI is InChI=1S/C27H31N5O4/c1-18-7-8-20-10-24(18)36-22-6-4-5-19(9-22)16-35-25-14-32(12-21-11-28-17-31(21)3)13-23(25)29-26(33)15-30(2)27(20)34/h4-11,17,23,25H,12-16H2,1-3H3,(H,29,33)/t23-,25-/m0/s1. The number of ether oxygens (including phenoxy) is 2. The van der Waals surface area contributed by atoms with Crippen molar-refractivity contribution in [3.63, 3.8) is 0 Å². The number of carbonyl (C=O) groups is 2. The van der Waals surface area contributed by atoms with Crippen LogP contribution in [0.1, 0.15) is 27.2 Å². The van der Waals surface area contributed by atoms with Gasteiger partial charge in [-0.2, -0.15) is 0 Å². The first-order valence-corrected chi connectivity index (χ1v) is 12.1. The van der Waals surface area contributed by atoms with Gasteiger partial charge in [-0.3, -0.25) is 14.5 Å². The number of aryl methyl sites for hydroxylation is 2. The number of likely N-dealkylation sites (tertiary alicyclic amines) is 1. The Morgan fingerprint density at radius 2 is 1.97 bits per heavy atom. The number of nitrogens with zero attached hydrogens (tertiary/aromatic N) is 4. The maximum Gasteiger partial charge on any atom is 0.254 e. The number of hydrogen-bond acceptors (Lipinski definition) is 6. The summed E-state index contributed by atoms with van der Waals surface area (Å²) < 4.78 is 14.5. The Balaban J connectivity index is 1.41. The molecule has 1 fully saturated rings. The van der Waals surface area contributed by atoms with E-state index in [-0.39, 0.29) is 30.5 Å². The molecular weight excluding hydrogens is 458 g/mol. The Bertz CT molecular complexity index is 1270. The molecule has 0 unspecified atom stereocenters. The Hall–Kier alpha value is -3.69. The van der Waals surface area contributed by atoms with Crippen LogP contribution in [-0.4, -0.2) is 70.0 Å². The molecule has 1 saturated heterocycles. The van der Waals surface area contributed by atoms with Crippen LogP contribution >= 0.6 is 0 Å². The number of likely N-dealkylation sites (N-methyl/N-ethyl adjacent to an activating group) is 1. The van der Waals surface area contributed by atoms with E-state index >= 15 is 0 Å². The van der Waals surface area contributed by atoms with Gasteiger partial charge in [0.05, 0.1) is 37.3 Å². The third-order valence-electron chi connectivity index (χ3n) is 6.74. The molecule has 9 nitrogen and oxygen atoms in total. The molecule has 36 heavy (non-hydrogen) atoms. The van der Waals surface area contributed by atoms with E-state index in [1.54, 1.807) is 25.5 Å². The van der Waals surface area contributed by atoms with Gasteiger partial charge in [0.1, 0.15) is 11.5 Å². The lowest BCUT2D eigenvalue weighted by Gasteiger charge is -2.23. The normalized spacial score (nSPS) is 21.1. The van der Waals surface area contributed by atoms with Crippen LogP contribution in [0.15, 0.2) is 55.0 Å². The molecule has 3 heterocycles. The second-order valence-electron chi connectivity index (χ2n) is 9.60. The Morgan fingerprint density at radius 3 is 2.78 bits per heavy atom. The summed E-state index contributed by atoms with van der Waals surface area (Å²) in [6, 6.07) is 12.9. The summed E-state index contributed by atoms with van der Waals surface area (Å²) in [4.78, 5) is 33.9. The zero-order chi connectivity index (χ0) is 25.2. The molecule has 0 spiro atoms. The number of amides is 2. The van der Waals surface area contributed by atoms with Crippen molar-refractivity contribution in [1.29, 1.82) is 0 Å². The van der Waals surface area contributed by atoms with Crippen molar-refractivity contribution < 1.29 is 19.1 Å². The lowest BCUT2D eigenvalue weighted by atomic mass is 10.1. The molecule has 3 aromatic rings. The molecule has 0 radical (unpaired) electrons.